The van der Waals surface area contributed by atoms with E-state index in [1.807, 2.05) is 11.4 Å². The number of benzene rings is 1. The Hall–Kier alpha value is -0.870. The number of para-hydroxylation sites is 1. The number of hydrogen-bond acceptors (Lipinski definition) is 2. The molecule has 1 aromatic carbocycles. The molecule has 0 aliphatic rings. The smallest absolute Gasteiger partial charge is 0.165 e. The molecule has 1 nitrogen and oxygen atoms in total. The lowest BCUT2D eigenvalue weighted by molar-refractivity contribution is 0.291. The van der Waals surface area contributed by atoms with Gasteiger partial charge in [0.15, 0.2) is 11.6 Å². The normalized spacial score (nSPS) is 10.3. The monoisotopic (exact) mass is 286 g/mol. The van der Waals surface area contributed by atoms with Crippen LogP contribution in [0.15, 0.2) is 39.5 Å². The lowest BCUT2D eigenvalue weighted by Gasteiger charge is -2.04. The molecule has 0 atom stereocenters. The Kier molecular flexibility index (Phi) is 3.38. The number of hydrogen-bond donors (Lipinski definition) is 0. The first-order valence-electron chi connectivity index (χ1n) is 4.36. The van der Waals surface area contributed by atoms with E-state index in [4.69, 9.17) is 4.74 Å². The molecular weight excluding hydrogens is 279 g/mol. The summed E-state index contributed by atoms with van der Waals surface area (Å²) in [6.07, 6.45) is 0. The van der Waals surface area contributed by atoms with Crippen LogP contribution < -0.4 is 4.74 Å². The number of rotatable bonds is 3. The molecule has 78 valence electrons. The molecule has 0 saturated carbocycles. The topological polar surface area (TPSA) is 9.23 Å². The van der Waals surface area contributed by atoms with Gasteiger partial charge in [-0.05, 0) is 39.5 Å². The quantitative estimate of drug-likeness (QED) is 0.821. The first-order valence-corrected chi connectivity index (χ1v) is 6.03. The van der Waals surface area contributed by atoms with Gasteiger partial charge in [0.2, 0.25) is 0 Å². The maximum absolute atomic E-state index is 13.2. The predicted molar refractivity (Wildman–Crippen MR) is 62.8 cm³/mol. The van der Waals surface area contributed by atoms with Gasteiger partial charge in [-0.3, -0.25) is 0 Å². The fraction of sp³-hybridized carbons (Fsp3) is 0.0909. The molecule has 0 fully saturated rings. The van der Waals surface area contributed by atoms with Crippen LogP contribution in [-0.4, -0.2) is 0 Å². The summed E-state index contributed by atoms with van der Waals surface area (Å²) in [5, 5.41) is 1.98. The van der Waals surface area contributed by atoms with Crippen LogP contribution in [0.1, 0.15) is 5.56 Å². The van der Waals surface area contributed by atoms with Crippen molar-refractivity contribution in [1.29, 1.82) is 0 Å². The van der Waals surface area contributed by atoms with E-state index in [-0.39, 0.29) is 5.82 Å². The van der Waals surface area contributed by atoms with Crippen LogP contribution in [0.3, 0.4) is 0 Å². The second-order valence-electron chi connectivity index (χ2n) is 2.98. The van der Waals surface area contributed by atoms with Gasteiger partial charge in [-0.15, -0.1) is 11.3 Å². The van der Waals surface area contributed by atoms with Crippen LogP contribution >= 0.6 is 27.3 Å². The van der Waals surface area contributed by atoms with E-state index in [0.717, 1.165) is 9.35 Å². The molecule has 4 heteroatoms. The highest BCUT2D eigenvalue weighted by Crippen LogP contribution is 2.23. The standard InChI is InChI=1S/C11H8BrFOS/c12-11-5-8(7-15-11)6-14-10-4-2-1-3-9(10)13/h1-5,7H,6H2. The number of halogens is 2. The van der Waals surface area contributed by atoms with Crippen molar-refractivity contribution in [3.8, 4) is 5.75 Å². The minimum absolute atomic E-state index is 0.292. The van der Waals surface area contributed by atoms with Crippen molar-refractivity contribution in [3.05, 3.63) is 50.9 Å². The third-order valence-electron chi connectivity index (χ3n) is 1.85. The summed E-state index contributed by atoms with van der Waals surface area (Å²) in [5.74, 6) is -0.0355. The fourth-order valence-corrected chi connectivity index (χ4v) is 2.34. The fourth-order valence-electron chi connectivity index (χ4n) is 1.14. The first kappa shape index (κ1) is 10.6. The average molecular weight is 287 g/mol. The summed E-state index contributed by atoms with van der Waals surface area (Å²) in [6, 6.07) is 8.37. The zero-order chi connectivity index (χ0) is 10.7. The molecule has 0 amide bonds. The van der Waals surface area contributed by atoms with Crippen molar-refractivity contribution >= 4 is 27.3 Å². The van der Waals surface area contributed by atoms with Crippen molar-refractivity contribution < 1.29 is 9.13 Å². The lowest BCUT2D eigenvalue weighted by atomic mass is 10.3. The zero-order valence-corrected chi connectivity index (χ0v) is 10.1. The SMILES string of the molecule is Fc1ccccc1OCc1csc(Br)c1. The van der Waals surface area contributed by atoms with Crippen LogP contribution in [0.4, 0.5) is 4.39 Å². The largest absolute Gasteiger partial charge is 0.486 e. The maximum atomic E-state index is 13.2. The molecule has 0 aliphatic heterocycles. The van der Waals surface area contributed by atoms with Gasteiger partial charge in [-0.25, -0.2) is 4.39 Å². The van der Waals surface area contributed by atoms with E-state index in [1.54, 1.807) is 29.5 Å². The van der Waals surface area contributed by atoms with Crippen molar-refractivity contribution in [2.45, 2.75) is 6.61 Å². The second kappa shape index (κ2) is 4.77. The molecule has 2 rings (SSSR count). The van der Waals surface area contributed by atoms with Gasteiger partial charge >= 0.3 is 0 Å². The van der Waals surface area contributed by atoms with Gasteiger partial charge < -0.3 is 4.74 Å². The van der Waals surface area contributed by atoms with Gasteiger partial charge in [0.25, 0.3) is 0 Å². The van der Waals surface area contributed by atoms with E-state index in [2.05, 4.69) is 15.9 Å². The predicted octanol–water partition coefficient (Wildman–Crippen LogP) is 4.23. The molecule has 0 N–H and O–H groups in total. The van der Waals surface area contributed by atoms with Crippen molar-refractivity contribution in [2.75, 3.05) is 0 Å². The van der Waals surface area contributed by atoms with Crippen LogP contribution in [0, 0.1) is 5.82 Å². The van der Waals surface area contributed by atoms with Crippen LogP contribution in [0.5, 0.6) is 5.75 Å². The minimum Gasteiger partial charge on any atom is -0.486 e. The summed E-state index contributed by atoms with van der Waals surface area (Å²) in [4.78, 5) is 0. The summed E-state index contributed by atoms with van der Waals surface area (Å²) < 4.78 is 19.6. The van der Waals surface area contributed by atoms with Crippen LogP contribution in [0.25, 0.3) is 0 Å². The molecule has 0 saturated heterocycles. The molecular formula is C11H8BrFOS. The number of thiophene rings is 1. The second-order valence-corrected chi connectivity index (χ2v) is 5.27. The van der Waals surface area contributed by atoms with Crippen molar-refractivity contribution in [1.82, 2.24) is 0 Å². The Morgan fingerprint density at radius 2 is 2.13 bits per heavy atom. The average Bonchev–Trinajstić information content (AvgIpc) is 2.63. The first-order chi connectivity index (χ1) is 7.25. The summed E-state index contributed by atoms with van der Waals surface area (Å²) in [6.45, 7) is 0.392. The van der Waals surface area contributed by atoms with Crippen LogP contribution in [-0.2, 0) is 6.61 Å². The molecule has 1 heterocycles. The number of ether oxygens (including phenoxy) is 1. The van der Waals surface area contributed by atoms with Crippen LogP contribution in [0.2, 0.25) is 0 Å². The molecule has 0 spiro atoms. The highest BCUT2D eigenvalue weighted by molar-refractivity contribution is 9.11. The van der Waals surface area contributed by atoms with Gasteiger partial charge in [0.05, 0.1) is 3.79 Å². The molecule has 0 bridgehead atoms. The van der Waals surface area contributed by atoms with Gasteiger partial charge in [0, 0.05) is 5.56 Å². The van der Waals surface area contributed by atoms with Gasteiger partial charge in [-0.2, -0.15) is 0 Å². The van der Waals surface area contributed by atoms with E-state index >= 15 is 0 Å². The van der Waals surface area contributed by atoms with E-state index in [9.17, 15) is 4.39 Å². The Morgan fingerprint density at radius 3 is 2.80 bits per heavy atom. The molecule has 15 heavy (non-hydrogen) atoms. The molecule has 2 aromatic rings. The Morgan fingerprint density at radius 1 is 1.33 bits per heavy atom. The Labute approximate surface area is 99.6 Å². The van der Waals surface area contributed by atoms with Gasteiger partial charge in [-0.1, -0.05) is 12.1 Å². The highest BCUT2D eigenvalue weighted by atomic mass is 79.9. The van der Waals surface area contributed by atoms with E-state index < -0.39 is 0 Å². The maximum Gasteiger partial charge on any atom is 0.165 e. The zero-order valence-electron chi connectivity index (χ0n) is 7.74. The Balaban J connectivity index is 2.02. The highest BCUT2D eigenvalue weighted by Gasteiger charge is 2.02. The summed E-state index contributed by atoms with van der Waals surface area (Å²) in [5.41, 5.74) is 1.04. The third-order valence-corrected chi connectivity index (χ3v) is 3.41. The Bertz CT molecular complexity index is 455. The molecule has 0 unspecified atom stereocenters. The third kappa shape index (κ3) is 2.79. The van der Waals surface area contributed by atoms with Gasteiger partial charge in [0.1, 0.15) is 6.61 Å². The lowest BCUT2D eigenvalue weighted by Crippen LogP contribution is -1.95. The van der Waals surface area contributed by atoms with Crippen molar-refractivity contribution in [2.24, 2.45) is 0 Å². The summed E-state index contributed by atoms with van der Waals surface area (Å²) >= 11 is 4.95. The molecule has 0 aliphatic carbocycles. The summed E-state index contributed by atoms with van der Waals surface area (Å²) in [7, 11) is 0. The minimum atomic E-state index is -0.327. The van der Waals surface area contributed by atoms with E-state index in [1.165, 1.54) is 6.07 Å². The molecule has 1 aromatic heterocycles. The van der Waals surface area contributed by atoms with E-state index in [0.29, 0.717) is 12.4 Å². The van der Waals surface area contributed by atoms with Crippen molar-refractivity contribution in [3.63, 3.8) is 0 Å². The molecule has 0 radical (unpaired) electrons.